The molecule has 1 amide bonds. The average Bonchev–Trinajstić information content (AvgIpc) is 3.21. The van der Waals surface area contributed by atoms with Crippen LogP contribution in [-0.4, -0.2) is 29.5 Å². The third kappa shape index (κ3) is 4.45. The van der Waals surface area contributed by atoms with Crippen LogP contribution in [0.25, 0.3) is 22.6 Å². The van der Waals surface area contributed by atoms with Crippen LogP contribution in [0.4, 0.5) is 11.4 Å². The van der Waals surface area contributed by atoms with E-state index in [2.05, 4.69) is 10.3 Å². The second-order valence-electron chi connectivity index (χ2n) is 6.49. The number of amides is 1. The van der Waals surface area contributed by atoms with Gasteiger partial charge in [-0.05, 0) is 42.5 Å². The summed E-state index contributed by atoms with van der Waals surface area (Å²) in [6.45, 7) is -0.194. The van der Waals surface area contributed by atoms with Gasteiger partial charge in [0.15, 0.2) is 12.2 Å². The van der Waals surface area contributed by atoms with Gasteiger partial charge in [-0.2, -0.15) is 0 Å². The molecular formula is C22H17N3O6. The molecule has 1 aromatic heterocycles. The number of aromatic nitrogens is 1. The normalized spacial score (nSPS) is 10.6. The minimum absolute atomic E-state index is 0.0791. The number of benzene rings is 3. The Bertz CT molecular complexity index is 1250. The van der Waals surface area contributed by atoms with Crippen molar-refractivity contribution < 1.29 is 23.6 Å². The van der Waals surface area contributed by atoms with Gasteiger partial charge in [0, 0.05) is 12.1 Å². The molecule has 0 fully saturated rings. The summed E-state index contributed by atoms with van der Waals surface area (Å²) in [5.41, 5.74) is 1.70. The van der Waals surface area contributed by atoms with E-state index < -0.39 is 4.92 Å². The number of nitrogens with one attached hydrogen (secondary N) is 1. The molecule has 0 unspecified atom stereocenters. The standard InChI is InChI=1S/C22H17N3O6/c1-29-15-7-9-16(10-8-15)30-13-21(26)23-18-5-3-2-4-17(18)22-24-19-12-14(25(27)28)6-11-20(19)31-22/h2-12H,13H2,1H3,(H,23,26). The number of oxazole rings is 1. The topological polar surface area (TPSA) is 117 Å². The van der Waals surface area contributed by atoms with Crippen LogP contribution in [0.3, 0.4) is 0 Å². The number of hydrogen-bond acceptors (Lipinski definition) is 7. The molecule has 31 heavy (non-hydrogen) atoms. The average molecular weight is 419 g/mol. The van der Waals surface area contributed by atoms with Crippen molar-refractivity contribution in [3.8, 4) is 23.0 Å². The number of methoxy groups -OCH3 is 1. The summed E-state index contributed by atoms with van der Waals surface area (Å²) < 4.78 is 16.3. The Morgan fingerprint density at radius 1 is 1.10 bits per heavy atom. The van der Waals surface area contributed by atoms with Gasteiger partial charge in [-0.3, -0.25) is 14.9 Å². The molecule has 0 aliphatic rings. The number of hydrogen-bond donors (Lipinski definition) is 1. The van der Waals surface area contributed by atoms with E-state index in [4.69, 9.17) is 13.9 Å². The zero-order valence-electron chi connectivity index (χ0n) is 16.4. The third-order valence-corrected chi connectivity index (χ3v) is 4.44. The number of para-hydroxylation sites is 1. The largest absolute Gasteiger partial charge is 0.497 e. The van der Waals surface area contributed by atoms with Crippen LogP contribution in [0.2, 0.25) is 0 Å². The maximum Gasteiger partial charge on any atom is 0.271 e. The molecule has 4 rings (SSSR count). The fourth-order valence-electron chi connectivity index (χ4n) is 2.93. The van der Waals surface area contributed by atoms with Crippen molar-refractivity contribution in [3.63, 3.8) is 0 Å². The van der Waals surface area contributed by atoms with Crippen molar-refractivity contribution >= 4 is 28.4 Å². The second kappa shape index (κ2) is 8.54. The van der Waals surface area contributed by atoms with Gasteiger partial charge in [0.25, 0.3) is 11.6 Å². The Balaban J connectivity index is 1.51. The maximum absolute atomic E-state index is 12.4. The van der Waals surface area contributed by atoms with Gasteiger partial charge in [0.2, 0.25) is 5.89 Å². The molecule has 9 nitrogen and oxygen atoms in total. The molecule has 0 bridgehead atoms. The Hall–Kier alpha value is -4.40. The number of non-ortho nitro benzene ring substituents is 1. The lowest BCUT2D eigenvalue weighted by atomic mass is 10.1. The Morgan fingerprint density at radius 3 is 2.58 bits per heavy atom. The Morgan fingerprint density at radius 2 is 1.84 bits per heavy atom. The quantitative estimate of drug-likeness (QED) is 0.348. The van der Waals surface area contributed by atoms with Gasteiger partial charge < -0.3 is 19.2 Å². The number of anilines is 1. The lowest BCUT2D eigenvalue weighted by Gasteiger charge is -2.10. The number of fused-ring (bicyclic) bond motifs is 1. The highest BCUT2D eigenvalue weighted by Crippen LogP contribution is 2.31. The van der Waals surface area contributed by atoms with Gasteiger partial charge in [-0.1, -0.05) is 12.1 Å². The number of nitro groups is 1. The number of ether oxygens (including phenoxy) is 2. The molecule has 0 aliphatic heterocycles. The highest BCUT2D eigenvalue weighted by molar-refractivity contribution is 5.96. The van der Waals surface area contributed by atoms with Crippen molar-refractivity contribution in [2.75, 3.05) is 19.0 Å². The first-order chi connectivity index (χ1) is 15.0. The first-order valence-corrected chi connectivity index (χ1v) is 9.24. The number of rotatable bonds is 7. The van der Waals surface area contributed by atoms with E-state index >= 15 is 0 Å². The lowest BCUT2D eigenvalue weighted by Crippen LogP contribution is -2.20. The molecule has 4 aromatic rings. The van der Waals surface area contributed by atoms with Gasteiger partial charge in [0.1, 0.15) is 17.0 Å². The second-order valence-corrected chi connectivity index (χ2v) is 6.49. The van der Waals surface area contributed by atoms with E-state index in [-0.39, 0.29) is 24.1 Å². The molecule has 0 atom stereocenters. The molecular weight excluding hydrogens is 402 g/mol. The molecule has 0 saturated heterocycles. The third-order valence-electron chi connectivity index (χ3n) is 4.44. The van der Waals surface area contributed by atoms with Crippen LogP contribution in [0, 0.1) is 10.1 Å². The van der Waals surface area contributed by atoms with Crippen molar-refractivity contribution in [2.24, 2.45) is 0 Å². The zero-order chi connectivity index (χ0) is 21.8. The summed E-state index contributed by atoms with van der Waals surface area (Å²) in [7, 11) is 1.57. The summed E-state index contributed by atoms with van der Waals surface area (Å²) in [4.78, 5) is 27.2. The minimum atomic E-state index is -0.495. The molecule has 1 heterocycles. The van der Waals surface area contributed by atoms with Gasteiger partial charge in [-0.25, -0.2) is 4.98 Å². The van der Waals surface area contributed by atoms with E-state index in [0.29, 0.717) is 33.8 Å². The van der Waals surface area contributed by atoms with E-state index in [1.54, 1.807) is 55.6 Å². The van der Waals surface area contributed by atoms with Crippen molar-refractivity contribution in [1.29, 1.82) is 0 Å². The van der Waals surface area contributed by atoms with Crippen molar-refractivity contribution in [1.82, 2.24) is 4.98 Å². The number of nitrogens with zero attached hydrogens (tertiary/aromatic N) is 2. The Kier molecular flexibility index (Phi) is 5.48. The lowest BCUT2D eigenvalue weighted by molar-refractivity contribution is -0.384. The molecule has 0 spiro atoms. The van der Waals surface area contributed by atoms with Crippen LogP contribution >= 0.6 is 0 Å². The summed E-state index contributed by atoms with van der Waals surface area (Å²) in [6.07, 6.45) is 0. The minimum Gasteiger partial charge on any atom is -0.497 e. The van der Waals surface area contributed by atoms with Crippen LogP contribution in [-0.2, 0) is 4.79 Å². The summed E-state index contributed by atoms with van der Waals surface area (Å²) in [6, 6.07) is 18.0. The van der Waals surface area contributed by atoms with E-state index in [1.807, 2.05) is 0 Å². The molecule has 156 valence electrons. The predicted octanol–water partition coefficient (Wildman–Crippen LogP) is 4.43. The number of carbonyl (C=O) groups is 1. The van der Waals surface area contributed by atoms with Crippen LogP contribution in [0.15, 0.2) is 71.1 Å². The van der Waals surface area contributed by atoms with E-state index in [0.717, 1.165) is 0 Å². The SMILES string of the molecule is COc1ccc(OCC(=O)Nc2ccccc2-c2nc3cc([N+](=O)[O-])ccc3o2)cc1. The van der Waals surface area contributed by atoms with Crippen LogP contribution in [0.5, 0.6) is 11.5 Å². The van der Waals surface area contributed by atoms with Crippen molar-refractivity contribution in [3.05, 3.63) is 76.8 Å². The molecule has 9 heteroatoms. The van der Waals surface area contributed by atoms with E-state index in [1.165, 1.54) is 18.2 Å². The highest BCUT2D eigenvalue weighted by atomic mass is 16.6. The summed E-state index contributed by atoms with van der Waals surface area (Å²) >= 11 is 0. The molecule has 3 aromatic carbocycles. The van der Waals surface area contributed by atoms with Gasteiger partial charge in [0.05, 0.1) is 23.3 Å². The first-order valence-electron chi connectivity index (χ1n) is 9.24. The van der Waals surface area contributed by atoms with Gasteiger partial charge >= 0.3 is 0 Å². The predicted molar refractivity (Wildman–Crippen MR) is 113 cm³/mol. The summed E-state index contributed by atoms with van der Waals surface area (Å²) in [5.74, 6) is 1.09. The molecule has 1 N–H and O–H groups in total. The number of nitro benzene ring substituents is 1. The van der Waals surface area contributed by atoms with Gasteiger partial charge in [-0.15, -0.1) is 0 Å². The van der Waals surface area contributed by atoms with Crippen LogP contribution < -0.4 is 14.8 Å². The van der Waals surface area contributed by atoms with E-state index in [9.17, 15) is 14.9 Å². The zero-order valence-corrected chi connectivity index (χ0v) is 16.4. The smallest absolute Gasteiger partial charge is 0.271 e. The van der Waals surface area contributed by atoms with Crippen LogP contribution in [0.1, 0.15) is 0 Å². The highest BCUT2D eigenvalue weighted by Gasteiger charge is 2.16. The first kappa shape index (κ1) is 19.9. The molecule has 0 aliphatic carbocycles. The Labute approximate surface area is 176 Å². The molecule has 0 radical (unpaired) electrons. The monoisotopic (exact) mass is 419 g/mol. The summed E-state index contributed by atoms with van der Waals surface area (Å²) in [5, 5.41) is 13.8. The fourth-order valence-corrected chi connectivity index (χ4v) is 2.93. The fraction of sp³-hybridized carbons (Fsp3) is 0.0909. The van der Waals surface area contributed by atoms with Crippen molar-refractivity contribution in [2.45, 2.75) is 0 Å². The maximum atomic E-state index is 12.4. The number of carbonyl (C=O) groups excluding carboxylic acids is 1. The molecule has 0 saturated carbocycles.